The van der Waals surface area contributed by atoms with E-state index in [1.807, 2.05) is 63.2 Å². The molecule has 0 aliphatic heterocycles. The molecule has 0 bridgehead atoms. The van der Waals surface area contributed by atoms with Crippen LogP contribution in [0.1, 0.15) is 40.7 Å². The molecule has 2 amide bonds. The lowest BCUT2D eigenvalue weighted by Crippen LogP contribution is -2.24. The second-order valence-electron chi connectivity index (χ2n) is 7.17. The second-order valence-corrected chi connectivity index (χ2v) is 7.17. The third-order valence-electron chi connectivity index (χ3n) is 5.03. The van der Waals surface area contributed by atoms with Crippen LogP contribution in [0.5, 0.6) is 0 Å². The van der Waals surface area contributed by atoms with E-state index in [0.29, 0.717) is 18.5 Å². The summed E-state index contributed by atoms with van der Waals surface area (Å²) in [6, 6.07) is 15.1. The summed E-state index contributed by atoms with van der Waals surface area (Å²) in [5.74, 6) is -0.114. The van der Waals surface area contributed by atoms with Gasteiger partial charge in [-0.05, 0) is 49.7 Å². The van der Waals surface area contributed by atoms with Gasteiger partial charge in [-0.2, -0.15) is 0 Å². The maximum atomic E-state index is 12.4. The minimum Gasteiger partial charge on any atom is -0.348 e. The third kappa shape index (κ3) is 4.89. The van der Waals surface area contributed by atoms with E-state index in [4.69, 9.17) is 0 Å². The Bertz CT molecular complexity index is 1040. The van der Waals surface area contributed by atoms with Crippen LogP contribution in [0.3, 0.4) is 0 Å². The van der Waals surface area contributed by atoms with E-state index >= 15 is 0 Å². The van der Waals surface area contributed by atoms with Crippen molar-refractivity contribution in [3.8, 4) is 11.3 Å². The Labute approximate surface area is 177 Å². The van der Waals surface area contributed by atoms with E-state index in [2.05, 4.69) is 15.3 Å². The molecule has 2 heterocycles. The second kappa shape index (κ2) is 9.31. The molecule has 0 atom stereocenters. The zero-order chi connectivity index (χ0) is 21.7. The summed E-state index contributed by atoms with van der Waals surface area (Å²) in [7, 11) is 1.76. The molecule has 0 saturated carbocycles. The molecule has 30 heavy (non-hydrogen) atoms. The molecular formula is C24H26N4O2. The summed E-state index contributed by atoms with van der Waals surface area (Å²) in [6.45, 7) is 6.14. The molecule has 0 aliphatic carbocycles. The van der Waals surface area contributed by atoms with Gasteiger partial charge in [0.05, 0.1) is 11.3 Å². The summed E-state index contributed by atoms with van der Waals surface area (Å²) >= 11 is 0. The van der Waals surface area contributed by atoms with Gasteiger partial charge in [-0.3, -0.25) is 19.6 Å². The van der Waals surface area contributed by atoms with Gasteiger partial charge in [-0.25, -0.2) is 0 Å². The highest BCUT2D eigenvalue weighted by Gasteiger charge is 2.10. The largest absolute Gasteiger partial charge is 0.348 e. The average Bonchev–Trinajstić information content (AvgIpc) is 2.77. The molecule has 6 heteroatoms. The molecule has 0 fully saturated rings. The summed E-state index contributed by atoms with van der Waals surface area (Å²) < 4.78 is 0. The normalized spacial score (nSPS) is 10.5. The van der Waals surface area contributed by atoms with Crippen molar-refractivity contribution in [1.82, 2.24) is 15.3 Å². The van der Waals surface area contributed by atoms with Crippen molar-refractivity contribution in [1.29, 1.82) is 0 Å². The number of aromatic nitrogens is 2. The van der Waals surface area contributed by atoms with Gasteiger partial charge in [-0.15, -0.1) is 0 Å². The average molecular weight is 402 g/mol. The topological polar surface area (TPSA) is 75.2 Å². The SMILES string of the molecule is CCC(=O)N(C)c1ccc(-c2ccc(C(=O)NCc3ccc(C)nc3C)cn2)cc1. The van der Waals surface area contributed by atoms with Crippen molar-refractivity contribution >= 4 is 17.5 Å². The van der Waals surface area contributed by atoms with Crippen LogP contribution in [0.2, 0.25) is 0 Å². The van der Waals surface area contributed by atoms with Crippen LogP contribution in [0.25, 0.3) is 11.3 Å². The summed E-state index contributed by atoms with van der Waals surface area (Å²) in [4.78, 5) is 34.7. The van der Waals surface area contributed by atoms with Crippen molar-refractivity contribution in [3.63, 3.8) is 0 Å². The number of nitrogens with one attached hydrogen (secondary N) is 1. The first kappa shape index (κ1) is 21.2. The van der Waals surface area contributed by atoms with Gasteiger partial charge in [0.2, 0.25) is 5.91 Å². The zero-order valence-electron chi connectivity index (χ0n) is 17.8. The van der Waals surface area contributed by atoms with Crippen LogP contribution >= 0.6 is 0 Å². The Morgan fingerprint density at radius 1 is 1.00 bits per heavy atom. The first-order valence-electron chi connectivity index (χ1n) is 9.93. The Hall–Kier alpha value is -3.54. The molecule has 1 N–H and O–H groups in total. The van der Waals surface area contributed by atoms with Crippen molar-refractivity contribution in [3.05, 3.63) is 77.2 Å². The van der Waals surface area contributed by atoms with Gasteiger partial charge in [0.1, 0.15) is 0 Å². The number of rotatable bonds is 6. The number of aryl methyl sites for hydroxylation is 2. The van der Waals surface area contributed by atoms with Crippen LogP contribution in [-0.2, 0) is 11.3 Å². The van der Waals surface area contributed by atoms with E-state index in [9.17, 15) is 9.59 Å². The van der Waals surface area contributed by atoms with Gasteiger partial charge < -0.3 is 10.2 Å². The monoisotopic (exact) mass is 402 g/mol. The van der Waals surface area contributed by atoms with Crippen molar-refractivity contribution < 1.29 is 9.59 Å². The highest BCUT2D eigenvalue weighted by Crippen LogP contribution is 2.22. The number of anilines is 1. The molecule has 6 nitrogen and oxygen atoms in total. The molecule has 154 valence electrons. The Morgan fingerprint density at radius 3 is 2.33 bits per heavy atom. The number of amides is 2. The van der Waals surface area contributed by atoms with Crippen molar-refractivity contribution in [2.24, 2.45) is 0 Å². The van der Waals surface area contributed by atoms with Gasteiger partial charge >= 0.3 is 0 Å². The number of hydrogen-bond acceptors (Lipinski definition) is 4. The third-order valence-corrected chi connectivity index (χ3v) is 5.03. The summed E-state index contributed by atoms with van der Waals surface area (Å²) in [6.07, 6.45) is 2.04. The highest BCUT2D eigenvalue weighted by atomic mass is 16.2. The first-order valence-corrected chi connectivity index (χ1v) is 9.93. The lowest BCUT2D eigenvalue weighted by Gasteiger charge is -2.16. The number of benzene rings is 1. The molecule has 0 spiro atoms. The number of nitrogens with zero attached hydrogens (tertiary/aromatic N) is 3. The Kier molecular flexibility index (Phi) is 6.57. The number of carbonyl (C=O) groups excluding carboxylic acids is 2. The first-order chi connectivity index (χ1) is 14.4. The summed E-state index contributed by atoms with van der Waals surface area (Å²) in [5.41, 5.74) is 5.89. The van der Waals surface area contributed by atoms with Crippen LogP contribution in [0, 0.1) is 13.8 Å². The van der Waals surface area contributed by atoms with E-state index < -0.39 is 0 Å². The van der Waals surface area contributed by atoms with Gasteiger partial charge in [0.25, 0.3) is 5.91 Å². The minimum atomic E-state index is -0.177. The van der Waals surface area contributed by atoms with E-state index in [1.54, 1.807) is 24.2 Å². The Balaban J connectivity index is 1.65. The quantitative estimate of drug-likeness (QED) is 0.675. The van der Waals surface area contributed by atoms with Crippen LogP contribution < -0.4 is 10.2 Å². The van der Waals surface area contributed by atoms with E-state index in [0.717, 1.165) is 33.9 Å². The standard InChI is InChI=1S/C24H26N4O2/c1-5-23(29)28(4)21-11-8-18(9-12-21)22-13-10-20(15-25-22)24(30)26-14-19-7-6-16(2)27-17(19)3/h6-13,15H,5,14H2,1-4H3,(H,26,30). The molecule has 2 aromatic heterocycles. The minimum absolute atomic E-state index is 0.0628. The molecule has 0 aliphatic rings. The maximum Gasteiger partial charge on any atom is 0.253 e. The lowest BCUT2D eigenvalue weighted by molar-refractivity contribution is -0.118. The van der Waals surface area contributed by atoms with Gasteiger partial charge in [0.15, 0.2) is 0 Å². The predicted molar refractivity (Wildman–Crippen MR) is 118 cm³/mol. The van der Waals surface area contributed by atoms with E-state index in [1.165, 1.54) is 0 Å². The van der Waals surface area contributed by atoms with E-state index in [-0.39, 0.29) is 11.8 Å². The highest BCUT2D eigenvalue weighted by molar-refractivity contribution is 5.94. The molecule has 0 unspecified atom stereocenters. The van der Waals surface area contributed by atoms with Gasteiger partial charge in [0, 0.05) is 48.8 Å². The van der Waals surface area contributed by atoms with Crippen LogP contribution in [0.15, 0.2) is 54.7 Å². The predicted octanol–water partition coefficient (Wildman–Crippen LogP) is 4.06. The Morgan fingerprint density at radius 2 is 1.73 bits per heavy atom. The smallest absolute Gasteiger partial charge is 0.253 e. The van der Waals surface area contributed by atoms with Crippen LogP contribution in [-0.4, -0.2) is 28.8 Å². The van der Waals surface area contributed by atoms with Crippen molar-refractivity contribution in [2.75, 3.05) is 11.9 Å². The fraction of sp³-hybridized carbons (Fsp3) is 0.250. The fourth-order valence-corrected chi connectivity index (χ4v) is 3.12. The number of pyridine rings is 2. The molecule has 1 aromatic carbocycles. The molecule has 0 saturated heterocycles. The molecule has 0 radical (unpaired) electrons. The molecule has 3 rings (SSSR count). The lowest BCUT2D eigenvalue weighted by atomic mass is 10.1. The van der Waals surface area contributed by atoms with Crippen molar-refractivity contribution in [2.45, 2.75) is 33.7 Å². The summed E-state index contributed by atoms with van der Waals surface area (Å²) in [5, 5.41) is 2.91. The number of carbonyl (C=O) groups is 2. The maximum absolute atomic E-state index is 12.4. The number of hydrogen-bond donors (Lipinski definition) is 1. The molecular weight excluding hydrogens is 376 g/mol. The van der Waals surface area contributed by atoms with Gasteiger partial charge in [-0.1, -0.05) is 25.1 Å². The fourth-order valence-electron chi connectivity index (χ4n) is 3.12. The zero-order valence-corrected chi connectivity index (χ0v) is 17.8. The molecule has 3 aromatic rings. The van der Waals surface area contributed by atoms with Crippen LogP contribution in [0.4, 0.5) is 5.69 Å².